The Labute approximate surface area is 113 Å². The van der Waals surface area contributed by atoms with E-state index in [4.69, 9.17) is 0 Å². The summed E-state index contributed by atoms with van der Waals surface area (Å²) in [7, 11) is 0. The number of nitrogens with zero attached hydrogens (tertiary/aromatic N) is 2. The van der Waals surface area contributed by atoms with Gasteiger partial charge in [-0.25, -0.2) is 4.98 Å². The first-order valence-electron chi connectivity index (χ1n) is 7.21. The smallest absolute Gasteiger partial charge is 0.307 e. The molecule has 0 unspecified atom stereocenters. The van der Waals surface area contributed by atoms with Gasteiger partial charge in [0.15, 0.2) is 0 Å². The molecule has 19 heavy (non-hydrogen) atoms. The van der Waals surface area contributed by atoms with Gasteiger partial charge in [0.05, 0.1) is 6.54 Å². The summed E-state index contributed by atoms with van der Waals surface area (Å²) in [6.07, 6.45) is 10.5. The molecule has 1 heterocycles. The maximum absolute atomic E-state index is 12.7. The molecule has 3 nitrogen and oxygen atoms in total. The average molecular weight is 271 g/mol. The van der Waals surface area contributed by atoms with Crippen LogP contribution in [0.15, 0.2) is 12.4 Å². The predicted molar refractivity (Wildman–Crippen MR) is 71.0 cm³/mol. The number of nitrogens with one attached hydrogen (secondary N) is 1. The standard InChI is InChI=1S/C14H23F2N3/c1-11(12-6-4-2-3-5-7-12)18-10-13-17-8-9-19(13)14(15)16/h8-9,11-12,14,18H,2-7,10H2,1H3/t11-/m1/s1. The first-order valence-corrected chi connectivity index (χ1v) is 7.21. The molecule has 1 saturated carbocycles. The van der Waals surface area contributed by atoms with Crippen molar-refractivity contribution in [2.45, 2.75) is 64.6 Å². The number of halogens is 2. The highest BCUT2D eigenvalue weighted by Gasteiger charge is 2.19. The molecule has 1 aliphatic rings. The summed E-state index contributed by atoms with van der Waals surface area (Å²) in [5.41, 5.74) is 0. The van der Waals surface area contributed by atoms with E-state index in [-0.39, 0.29) is 0 Å². The molecule has 0 saturated heterocycles. The van der Waals surface area contributed by atoms with Gasteiger partial charge in [-0.05, 0) is 25.7 Å². The lowest BCUT2D eigenvalue weighted by Crippen LogP contribution is -2.33. The van der Waals surface area contributed by atoms with Crippen molar-refractivity contribution in [3.63, 3.8) is 0 Å². The number of alkyl halides is 2. The first-order chi connectivity index (χ1) is 9.18. The first kappa shape index (κ1) is 14.4. The van der Waals surface area contributed by atoms with E-state index in [0.717, 1.165) is 4.57 Å². The van der Waals surface area contributed by atoms with Crippen molar-refractivity contribution in [1.82, 2.24) is 14.9 Å². The Balaban J connectivity index is 1.85. The van der Waals surface area contributed by atoms with Crippen molar-refractivity contribution < 1.29 is 8.78 Å². The molecule has 0 spiro atoms. The van der Waals surface area contributed by atoms with E-state index in [9.17, 15) is 8.78 Å². The van der Waals surface area contributed by atoms with Crippen LogP contribution in [0, 0.1) is 5.92 Å². The summed E-state index contributed by atoms with van der Waals surface area (Å²) in [4.78, 5) is 3.99. The van der Waals surface area contributed by atoms with Crippen LogP contribution in [0.4, 0.5) is 8.78 Å². The minimum absolute atomic E-state index is 0.362. The minimum atomic E-state index is -2.51. The monoisotopic (exact) mass is 271 g/mol. The molecule has 1 N–H and O–H groups in total. The predicted octanol–water partition coefficient (Wildman–Crippen LogP) is 3.73. The van der Waals surface area contributed by atoms with Gasteiger partial charge >= 0.3 is 6.55 Å². The molecular weight excluding hydrogens is 248 g/mol. The van der Waals surface area contributed by atoms with Crippen LogP contribution in [0.2, 0.25) is 0 Å². The van der Waals surface area contributed by atoms with Crippen molar-refractivity contribution >= 4 is 0 Å². The summed E-state index contributed by atoms with van der Waals surface area (Å²) in [5, 5.41) is 3.36. The third-order valence-electron chi connectivity index (χ3n) is 4.15. The quantitative estimate of drug-likeness (QED) is 0.827. The van der Waals surface area contributed by atoms with E-state index in [1.165, 1.54) is 50.9 Å². The van der Waals surface area contributed by atoms with Gasteiger partial charge < -0.3 is 5.32 Å². The molecule has 1 atom stereocenters. The third-order valence-corrected chi connectivity index (χ3v) is 4.15. The van der Waals surface area contributed by atoms with Crippen LogP contribution in [0.5, 0.6) is 0 Å². The normalized spacial score (nSPS) is 19.6. The number of imidazole rings is 1. The van der Waals surface area contributed by atoms with Crippen molar-refractivity contribution in [3.05, 3.63) is 18.2 Å². The Hall–Kier alpha value is -0.970. The van der Waals surface area contributed by atoms with Gasteiger partial charge in [-0.2, -0.15) is 8.78 Å². The molecule has 1 aromatic heterocycles. The van der Waals surface area contributed by atoms with Crippen LogP contribution in [-0.2, 0) is 6.54 Å². The molecule has 2 rings (SSSR count). The molecular formula is C14H23F2N3. The number of hydrogen-bond acceptors (Lipinski definition) is 2. The molecule has 0 bridgehead atoms. The molecule has 0 aromatic carbocycles. The largest absolute Gasteiger partial charge is 0.319 e. The van der Waals surface area contributed by atoms with E-state index >= 15 is 0 Å². The van der Waals surface area contributed by atoms with Gasteiger partial charge in [0.1, 0.15) is 5.82 Å². The van der Waals surface area contributed by atoms with Crippen LogP contribution in [0.25, 0.3) is 0 Å². The SMILES string of the molecule is C[C@@H](NCc1nccn1C(F)F)C1CCCCCC1. The van der Waals surface area contributed by atoms with Gasteiger partial charge in [-0.15, -0.1) is 0 Å². The minimum Gasteiger partial charge on any atom is -0.307 e. The van der Waals surface area contributed by atoms with E-state index in [2.05, 4.69) is 17.2 Å². The van der Waals surface area contributed by atoms with Crippen LogP contribution < -0.4 is 5.32 Å². The second-order valence-corrected chi connectivity index (χ2v) is 5.45. The zero-order valence-electron chi connectivity index (χ0n) is 11.5. The molecule has 0 amide bonds. The Morgan fingerprint density at radius 2 is 2.00 bits per heavy atom. The van der Waals surface area contributed by atoms with Gasteiger partial charge in [-0.3, -0.25) is 4.57 Å². The second-order valence-electron chi connectivity index (χ2n) is 5.45. The van der Waals surface area contributed by atoms with Crippen molar-refractivity contribution in [3.8, 4) is 0 Å². The average Bonchev–Trinajstić information content (AvgIpc) is 2.69. The van der Waals surface area contributed by atoms with Gasteiger partial charge in [0.2, 0.25) is 0 Å². The van der Waals surface area contributed by atoms with Crippen LogP contribution >= 0.6 is 0 Å². The second kappa shape index (κ2) is 6.98. The summed E-state index contributed by atoms with van der Waals surface area (Å²) < 4.78 is 26.3. The lowest BCUT2D eigenvalue weighted by atomic mass is 9.93. The zero-order chi connectivity index (χ0) is 13.7. The third kappa shape index (κ3) is 4.00. The highest BCUT2D eigenvalue weighted by atomic mass is 19.3. The lowest BCUT2D eigenvalue weighted by Gasteiger charge is -2.23. The van der Waals surface area contributed by atoms with Crippen molar-refractivity contribution in [1.29, 1.82) is 0 Å². The molecule has 108 valence electrons. The fraction of sp³-hybridized carbons (Fsp3) is 0.786. The van der Waals surface area contributed by atoms with Crippen molar-refractivity contribution in [2.75, 3.05) is 0 Å². The molecule has 0 aliphatic heterocycles. The molecule has 5 heteroatoms. The summed E-state index contributed by atoms with van der Waals surface area (Å²) in [5.74, 6) is 1.08. The Bertz CT molecular complexity index is 371. The van der Waals surface area contributed by atoms with Crippen LogP contribution in [0.1, 0.15) is 57.8 Å². The maximum atomic E-state index is 12.7. The number of aromatic nitrogens is 2. The topological polar surface area (TPSA) is 29.9 Å². The molecule has 1 fully saturated rings. The van der Waals surface area contributed by atoms with E-state index in [1.54, 1.807) is 0 Å². The fourth-order valence-electron chi connectivity index (χ4n) is 2.89. The van der Waals surface area contributed by atoms with Crippen molar-refractivity contribution in [2.24, 2.45) is 5.92 Å². The Kier molecular flexibility index (Phi) is 5.31. The van der Waals surface area contributed by atoms with Crippen LogP contribution in [-0.4, -0.2) is 15.6 Å². The summed E-state index contributed by atoms with van der Waals surface area (Å²) in [6.45, 7) is 0.0631. The van der Waals surface area contributed by atoms with E-state index < -0.39 is 6.55 Å². The van der Waals surface area contributed by atoms with Gasteiger partial charge in [-0.1, -0.05) is 25.7 Å². The van der Waals surface area contributed by atoms with Crippen LogP contribution in [0.3, 0.4) is 0 Å². The molecule has 0 radical (unpaired) electrons. The number of rotatable bonds is 5. The number of hydrogen-bond donors (Lipinski definition) is 1. The van der Waals surface area contributed by atoms with Gasteiger partial charge in [0.25, 0.3) is 0 Å². The zero-order valence-corrected chi connectivity index (χ0v) is 11.5. The molecule has 1 aliphatic carbocycles. The lowest BCUT2D eigenvalue weighted by molar-refractivity contribution is 0.0663. The summed E-state index contributed by atoms with van der Waals surface area (Å²) >= 11 is 0. The van der Waals surface area contributed by atoms with Gasteiger partial charge in [0, 0.05) is 18.4 Å². The fourth-order valence-corrected chi connectivity index (χ4v) is 2.89. The Morgan fingerprint density at radius 1 is 1.32 bits per heavy atom. The Morgan fingerprint density at radius 3 is 2.63 bits per heavy atom. The maximum Gasteiger partial charge on any atom is 0.319 e. The highest BCUT2D eigenvalue weighted by Crippen LogP contribution is 2.25. The summed E-state index contributed by atoms with van der Waals surface area (Å²) in [6, 6.07) is 0.362. The van der Waals surface area contributed by atoms with E-state index in [1.807, 2.05) is 0 Å². The molecule has 1 aromatic rings. The van der Waals surface area contributed by atoms with E-state index in [0.29, 0.717) is 24.3 Å². The highest BCUT2D eigenvalue weighted by molar-refractivity contribution is 4.93.